The van der Waals surface area contributed by atoms with Gasteiger partial charge in [-0.25, -0.2) is 4.98 Å². The third-order valence-electron chi connectivity index (χ3n) is 2.39. The van der Waals surface area contributed by atoms with E-state index >= 15 is 0 Å². The molecule has 1 N–H and O–H groups in total. The molecule has 0 aliphatic rings. The highest BCUT2D eigenvalue weighted by Crippen LogP contribution is 2.22. The van der Waals surface area contributed by atoms with E-state index in [0.29, 0.717) is 25.5 Å². The Labute approximate surface area is 105 Å². The molecule has 0 aliphatic carbocycles. The molecular weight excluding hydrogens is 243 g/mol. The Morgan fingerprint density at radius 3 is 2.78 bits per heavy atom. The SMILES string of the molecule is C=CCn1cc(C)nc1NCCCCC(F)(F)F. The van der Waals surface area contributed by atoms with Crippen LogP contribution in [0.1, 0.15) is 25.0 Å². The average molecular weight is 261 g/mol. The van der Waals surface area contributed by atoms with Crippen molar-refractivity contribution < 1.29 is 13.2 Å². The normalized spacial score (nSPS) is 11.6. The third kappa shape index (κ3) is 5.25. The van der Waals surface area contributed by atoms with E-state index in [4.69, 9.17) is 0 Å². The van der Waals surface area contributed by atoms with Gasteiger partial charge in [0.05, 0.1) is 5.69 Å². The number of alkyl halides is 3. The summed E-state index contributed by atoms with van der Waals surface area (Å²) in [4.78, 5) is 4.26. The molecule has 1 aromatic rings. The van der Waals surface area contributed by atoms with Crippen LogP contribution in [-0.2, 0) is 6.54 Å². The molecule has 0 aliphatic heterocycles. The average Bonchev–Trinajstić information content (AvgIpc) is 2.57. The molecule has 0 fully saturated rings. The number of halogens is 3. The monoisotopic (exact) mass is 261 g/mol. The summed E-state index contributed by atoms with van der Waals surface area (Å²) in [6.45, 7) is 6.63. The number of aryl methyl sites for hydroxylation is 1. The summed E-state index contributed by atoms with van der Waals surface area (Å²) in [5.41, 5.74) is 0.870. The number of imidazole rings is 1. The summed E-state index contributed by atoms with van der Waals surface area (Å²) < 4.78 is 37.7. The van der Waals surface area contributed by atoms with Gasteiger partial charge in [-0.3, -0.25) is 0 Å². The van der Waals surface area contributed by atoms with Crippen LogP contribution in [0.25, 0.3) is 0 Å². The molecule has 1 rings (SSSR count). The van der Waals surface area contributed by atoms with Crippen molar-refractivity contribution in [3.8, 4) is 0 Å². The molecule has 0 radical (unpaired) electrons. The van der Waals surface area contributed by atoms with Crippen molar-refractivity contribution in [3.05, 3.63) is 24.5 Å². The number of rotatable bonds is 7. The van der Waals surface area contributed by atoms with Gasteiger partial charge in [0.2, 0.25) is 5.95 Å². The second-order valence-electron chi connectivity index (χ2n) is 4.15. The van der Waals surface area contributed by atoms with Gasteiger partial charge in [0.15, 0.2) is 0 Å². The lowest BCUT2D eigenvalue weighted by atomic mass is 10.2. The van der Waals surface area contributed by atoms with Crippen molar-refractivity contribution in [3.63, 3.8) is 0 Å². The van der Waals surface area contributed by atoms with Crippen LogP contribution in [0.3, 0.4) is 0 Å². The van der Waals surface area contributed by atoms with Gasteiger partial charge in [-0.15, -0.1) is 6.58 Å². The number of nitrogens with one attached hydrogen (secondary N) is 1. The summed E-state index contributed by atoms with van der Waals surface area (Å²) in [5, 5.41) is 3.04. The molecular formula is C12H18F3N3. The van der Waals surface area contributed by atoms with Gasteiger partial charge >= 0.3 is 6.18 Å². The molecule has 0 saturated heterocycles. The van der Waals surface area contributed by atoms with E-state index in [9.17, 15) is 13.2 Å². The molecule has 0 aromatic carbocycles. The van der Waals surface area contributed by atoms with Crippen LogP contribution in [0.5, 0.6) is 0 Å². The fourth-order valence-electron chi connectivity index (χ4n) is 1.62. The molecule has 1 aromatic heterocycles. The highest BCUT2D eigenvalue weighted by Gasteiger charge is 2.25. The second kappa shape index (κ2) is 6.47. The van der Waals surface area contributed by atoms with Crippen molar-refractivity contribution in [1.82, 2.24) is 9.55 Å². The molecule has 102 valence electrons. The van der Waals surface area contributed by atoms with Gasteiger partial charge in [0.1, 0.15) is 0 Å². The lowest BCUT2D eigenvalue weighted by molar-refractivity contribution is -0.135. The van der Waals surface area contributed by atoms with Crippen molar-refractivity contribution in [1.29, 1.82) is 0 Å². The molecule has 0 saturated carbocycles. The summed E-state index contributed by atoms with van der Waals surface area (Å²) >= 11 is 0. The van der Waals surface area contributed by atoms with Gasteiger partial charge in [-0.1, -0.05) is 6.08 Å². The maximum absolute atomic E-state index is 11.9. The van der Waals surface area contributed by atoms with Gasteiger partial charge in [0, 0.05) is 25.7 Å². The standard InChI is InChI=1S/C12H18F3N3/c1-3-8-18-9-10(2)17-11(18)16-7-5-4-6-12(13,14)15/h3,9H,1,4-8H2,2H3,(H,16,17). The van der Waals surface area contributed by atoms with Crippen LogP contribution in [0.15, 0.2) is 18.9 Å². The first-order valence-corrected chi connectivity index (χ1v) is 5.87. The molecule has 0 spiro atoms. The zero-order chi connectivity index (χ0) is 13.6. The fourth-order valence-corrected chi connectivity index (χ4v) is 1.62. The maximum Gasteiger partial charge on any atom is 0.389 e. The Hall–Kier alpha value is -1.46. The summed E-state index contributed by atoms with van der Waals surface area (Å²) in [6, 6.07) is 0. The maximum atomic E-state index is 11.9. The van der Waals surface area contributed by atoms with Crippen LogP contribution in [0.2, 0.25) is 0 Å². The Kier molecular flexibility index (Phi) is 5.25. The predicted octanol–water partition coefficient (Wildman–Crippen LogP) is 3.52. The Morgan fingerprint density at radius 2 is 2.17 bits per heavy atom. The number of hydrogen-bond donors (Lipinski definition) is 1. The minimum Gasteiger partial charge on any atom is -0.356 e. The van der Waals surface area contributed by atoms with E-state index in [1.54, 1.807) is 6.08 Å². The fraction of sp³-hybridized carbons (Fsp3) is 0.583. The van der Waals surface area contributed by atoms with Crippen LogP contribution in [0.4, 0.5) is 19.1 Å². The van der Waals surface area contributed by atoms with Crippen LogP contribution in [0, 0.1) is 6.92 Å². The van der Waals surface area contributed by atoms with Crippen molar-refractivity contribution in [2.75, 3.05) is 11.9 Å². The number of unbranched alkanes of at least 4 members (excludes halogenated alkanes) is 1. The minimum atomic E-state index is -4.06. The Balaban J connectivity index is 2.32. The van der Waals surface area contributed by atoms with E-state index in [2.05, 4.69) is 16.9 Å². The topological polar surface area (TPSA) is 29.9 Å². The lowest BCUT2D eigenvalue weighted by Crippen LogP contribution is -2.11. The van der Waals surface area contributed by atoms with Crippen LogP contribution < -0.4 is 5.32 Å². The largest absolute Gasteiger partial charge is 0.389 e. The van der Waals surface area contributed by atoms with Gasteiger partial charge in [-0.05, 0) is 19.8 Å². The van der Waals surface area contributed by atoms with E-state index in [0.717, 1.165) is 5.69 Å². The van der Waals surface area contributed by atoms with Gasteiger partial charge < -0.3 is 9.88 Å². The molecule has 0 atom stereocenters. The molecule has 1 heterocycles. The zero-order valence-electron chi connectivity index (χ0n) is 10.4. The number of hydrogen-bond acceptors (Lipinski definition) is 2. The number of nitrogens with zero attached hydrogens (tertiary/aromatic N) is 2. The minimum absolute atomic E-state index is 0.137. The second-order valence-corrected chi connectivity index (χ2v) is 4.15. The summed E-state index contributed by atoms with van der Waals surface area (Å²) in [7, 11) is 0. The number of allylic oxidation sites excluding steroid dienone is 1. The Bertz CT molecular complexity index is 382. The zero-order valence-corrected chi connectivity index (χ0v) is 10.4. The number of aromatic nitrogens is 2. The van der Waals surface area contributed by atoms with Gasteiger partial charge in [0.25, 0.3) is 0 Å². The van der Waals surface area contributed by atoms with Gasteiger partial charge in [-0.2, -0.15) is 13.2 Å². The first-order chi connectivity index (χ1) is 8.42. The molecule has 3 nitrogen and oxygen atoms in total. The lowest BCUT2D eigenvalue weighted by Gasteiger charge is -2.08. The van der Waals surface area contributed by atoms with Crippen molar-refractivity contribution in [2.24, 2.45) is 0 Å². The highest BCUT2D eigenvalue weighted by atomic mass is 19.4. The van der Waals surface area contributed by atoms with Crippen molar-refractivity contribution in [2.45, 2.75) is 38.9 Å². The van der Waals surface area contributed by atoms with E-state index in [1.807, 2.05) is 17.7 Å². The molecule has 18 heavy (non-hydrogen) atoms. The first-order valence-electron chi connectivity index (χ1n) is 5.87. The van der Waals surface area contributed by atoms with E-state index in [1.165, 1.54) is 0 Å². The predicted molar refractivity (Wildman–Crippen MR) is 65.6 cm³/mol. The van der Waals surface area contributed by atoms with E-state index < -0.39 is 12.6 Å². The number of anilines is 1. The molecule has 6 heteroatoms. The smallest absolute Gasteiger partial charge is 0.356 e. The molecule has 0 unspecified atom stereocenters. The van der Waals surface area contributed by atoms with Crippen LogP contribution in [-0.4, -0.2) is 22.3 Å². The first kappa shape index (κ1) is 14.6. The summed E-state index contributed by atoms with van der Waals surface area (Å²) in [6.07, 6.45) is -0.556. The van der Waals surface area contributed by atoms with Crippen molar-refractivity contribution >= 4 is 5.95 Å². The molecule has 0 bridgehead atoms. The Morgan fingerprint density at radius 1 is 1.44 bits per heavy atom. The molecule has 0 amide bonds. The highest BCUT2D eigenvalue weighted by molar-refractivity contribution is 5.28. The quantitative estimate of drug-likeness (QED) is 0.601. The third-order valence-corrected chi connectivity index (χ3v) is 2.39. The van der Waals surface area contributed by atoms with E-state index in [-0.39, 0.29) is 6.42 Å². The summed E-state index contributed by atoms with van der Waals surface area (Å²) in [5.74, 6) is 0.680. The van der Waals surface area contributed by atoms with Crippen LogP contribution >= 0.6 is 0 Å².